The lowest BCUT2D eigenvalue weighted by molar-refractivity contribution is 0.462. The van der Waals surface area contributed by atoms with Gasteiger partial charge in [0.2, 0.25) is 10.0 Å². The van der Waals surface area contributed by atoms with Crippen LogP contribution in [0.15, 0.2) is 23.1 Å². The molecule has 4 nitrogen and oxygen atoms in total. The molecule has 1 aliphatic carbocycles. The van der Waals surface area contributed by atoms with Crippen molar-refractivity contribution in [3.8, 4) is 0 Å². The highest BCUT2D eigenvalue weighted by atomic mass is 32.2. The normalized spacial score (nSPS) is 17.4. The van der Waals surface area contributed by atoms with Gasteiger partial charge < -0.3 is 5.32 Å². The lowest BCUT2D eigenvalue weighted by Gasteiger charge is -2.25. The molecular formula is C14H22N2O2S. The molecule has 1 aliphatic rings. The molecule has 19 heavy (non-hydrogen) atoms. The van der Waals surface area contributed by atoms with Gasteiger partial charge in [-0.15, -0.1) is 0 Å². The summed E-state index contributed by atoms with van der Waals surface area (Å²) in [6.07, 6.45) is 6.30. The average Bonchev–Trinajstić information content (AvgIpc) is 2.42. The number of hydrogen-bond donors (Lipinski definition) is 2. The summed E-state index contributed by atoms with van der Waals surface area (Å²) >= 11 is 0. The zero-order chi connectivity index (χ0) is 13.9. The molecule has 0 heterocycles. The van der Waals surface area contributed by atoms with Crippen molar-refractivity contribution in [2.75, 3.05) is 12.4 Å². The van der Waals surface area contributed by atoms with Gasteiger partial charge in [-0.3, -0.25) is 0 Å². The molecule has 1 aromatic rings. The third kappa shape index (κ3) is 3.48. The second kappa shape index (κ2) is 5.92. The van der Waals surface area contributed by atoms with Gasteiger partial charge in [-0.25, -0.2) is 13.1 Å². The van der Waals surface area contributed by atoms with Crippen molar-refractivity contribution >= 4 is 15.7 Å². The number of anilines is 1. The van der Waals surface area contributed by atoms with Crippen LogP contribution in [0.4, 0.5) is 5.69 Å². The van der Waals surface area contributed by atoms with Crippen LogP contribution in [0.25, 0.3) is 0 Å². The van der Waals surface area contributed by atoms with Crippen molar-refractivity contribution in [1.29, 1.82) is 0 Å². The molecule has 0 bridgehead atoms. The summed E-state index contributed by atoms with van der Waals surface area (Å²) in [6.45, 7) is 1.94. The standard InChI is InChI=1S/C14H22N2O2S/c1-11-10-13(19(17,18)15-2)8-9-14(11)16-12-6-4-3-5-7-12/h8-10,12,15-16H,3-7H2,1-2H3. The van der Waals surface area contributed by atoms with Gasteiger partial charge in [-0.1, -0.05) is 19.3 Å². The van der Waals surface area contributed by atoms with E-state index in [4.69, 9.17) is 0 Å². The molecule has 0 spiro atoms. The number of hydrogen-bond acceptors (Lipinski definition) is 3. The first kappa shape index (κ1) is 14.3. The van der Waals surface area contributed by atoms with E-state index < -0.39 is 10.0 Å². The van der Waals surface area contributed by atoms with Crippen LogP contribution in [0, 0.1) is 6.92 Å². The SMILES string of the molecule is CNS(=O)(=O)c1ccc(NC2CCCCC2)c(C)c1. The van der Waals surface area contributed by atoms with Gasteiger partial charge in [-0.05, 0) is 50.6 Å². The van der Waals surface area contributed by atoms with Crippen molar-refractivity contribution in [2.24, 2.45) is 0 Å². The molecule has 0 radical (unpaired) electrons. The Hall–Kier alpha value is -1.07. The second-order valence-electron chi connectivity index (χ2n) is 5.16. The zero-order valence-electron chi connectivity index (χ0n) is 11.6. The van der Waals surface area contributed by atoms with Gasteiger partial charge in [0.25, 0.3) is 0 Å². The Morgan fingerprint density at radius 1 is 1.16 bits per heavy atom. The van der Waals surface area contributed by atoms with Crippen LogP contribution in [-0.4, -0.2) is 21.5 Å². The summed E-state index contributed by atoms with van der Waals surface area (Å²) in [7, 11) is -1.92. The van der Waals surface area contributed by atoms with E-state index in [0.717, 1.165) is 11.3 Å². The molecule has 2 N–H and O–H groups in total. The van der Waals surface area contributed by atoms with Crippen LogP contribution >= 0.6 is 0 Å². The van der Waals surface area contributed by atoms with E-state index >= 15 is 0 Å². The van der Waals surface area contributed by atoms with Gasteiger partial charge in [-0.2, -0.15) is 0 Å². The molecule has 0 atom stereocenters. The Labute approximate surface area is 115 Å². The summed E-state index contributed by atoms with van der Waals surface area (Å²) in [5.74, 6) is 0. The lowest BCUT2D eigenvalue weighted by atomic mass is 9.95. The zero-order valence-corrected chi connectivity index (χ0v) is 12.4. The average molecular weight is 282 g/mol. The molecule has 0 unspecified atom stereocenters. The van der Waals surface area contributed by atoms with Crippen molar-refractivity contribution in [3.05, 3.63) is 23.8 Å². The number of sulfonamides is 1. The number of benzene rings is 1. The van der Waals surface area contributed by atoms with Gasteiger partial charge in [0.15, 0.2) is 0 Å². The smallest absolute Gasteiger partial charge is 0.240 e. The molecule has 0 amide bonds. The number of rotatable bonds is 4. The first-order valence-corrected chi connectivity index (χ1v) is 8.32. The minimum atomic E-state index is -3.35. The second-order valence-corrected chi connectivity index (χ2v) is 7.05. The van der Waals surface area contributed by atoms with Crippen LogP contribution < -0.4 is 10.0 Å². The third-order valence-corrected chi connectivity index (χ3v) is 5.15. The summed E-state index contributed by atoms with van der Waals surface area (Å²) in [4.78, 5) is 0.321. The fourth-order valence-electron chi connectivity index (χ4n) is 2.55. The minimum Gasteiger partial charge on any atom is -0.382 e. The molecule has 0 saturated heterocycles. The lowest BCUT2D eigenvalue weighted by Crippen LogP contribution is -2.23. The van der Waals surface area contributed by atoms with Gasteiger partial charge in [0.05, 0.1) is 4.90 Å². The van der Waals surface area contributed by atoms with Crippen LogP contribution in [-0.2, 0) is 10.0 Å². The summed E-state index contributed by atoms with van der Waals surface area (Å²) in [6, 6.07) is 5.77. The maximum Gasteiger partial charge on any atom is 0.240 e. The third-order valence-electron chi connectivity index (χ3n) is 3.74. The van der Waals surface area contributed by atoms with E-state index in [0.29, 0.717) is 10.9 Å². The predicted molar refractivity (Wildman–Crippen MR) is 77.9 cm³/mol. The Morgan fingerprint density at radius 2 is 1.84 bits per heavy atom. The predicted octanol–water partition coefficient (Wildman–Crippen LogP) is 2.65. The summed E-state index contributed by atoms with van der Waals surface area (Å²) in [5.41, 5.74) is 2.02. The molecular weight excluding hydrogens is 260 g/mol. The molecule has 0 aromatic heterocycles. The highest BCUT2D eigenvalue weighted by molar-refractivity contribution is 7.89. The summed E-state index contributed by atoms with van der Waals surface area (Å²) in [5, 5.41) is 3.53. The molecule has 106 valence electrons. The van der Waals surface area contributed by atoms with Crippen LogP contribution in [0.1, 0.15) is 37.7 Å². The van der Waals surface area contributed by atoms with Gasteiger partial charge in [0, 0.05) is 11.7 Å². The fraction of sp³-hybridized carbons (Fsp3) is 0.571. The quantitative estimate of drug-likeness (QED) is 0.892. The molecule has 1 fully saturated rings. The first-order chi connectivity index (χ1) is 9.03. The molecule has 2 rings (SSSR count). The highest BCUT2D eigenvalue weighted by Gasteiger charge is 2.16. The van der Waals surface area contributed by atoms with Crippen molar-refractivity contribution in [2.45, 2.75) is 50.0 Å². The van der Waals surface area contributed by atoms with E-state index in [1.807, 2.05) is 13.0 Å². The Balaban J connectivity index is 2.15. The van der Waals surface area contributed by atoms with Gasteiger partial charge in [0.1, 0.15) is 0 Å². The van der Waals surface area contributed by atoms with E-state index in [2.05, 4.69) is 10.0 Å². The van der Waals surface area contributed by atoms with Crippen molar-refractivity contribution in [1.82, 2.24) is 4.72 Å². The van der Waals surface area contributed by atoms with E-state index in [1.54, 1.807) is 12.1 Å². The maximum atomic E-state index is 11.7. The molecule has 0 aliphatic heterocycles. The van der Waals surface area contributed by atoms with Crippen molar-refractivity contribution in [3.63, 3.8) is 0 Å². The van der Waals surface area contributed by atoms with E-state index in [9.17, 15) is 8.42 Å². The van der Waals surface area contributed by atoms with E-state index in [1.165, 1.54) is 39.2 Å². The van der Waals surface area contributed by atoms with Crippen LogP contribution in [0.2, 0.25) is 0 Å². The largest absolute Gasteiger partial charge is 0.382 e. The maximum absolute atomic E-state index is 11.7. The van der Waals surface area contributed by atoms with Crippen molar-refractivity contribution < 1.29 is 8.42 Å². The summed E-state index contributed by atoms with van der Waals surface area (Å²) < 4.78 is 25.8. The molecule has 1 aromatic carbocycles. The molecule has 1 saturated carbocycles. The minimum absolute atomic E-state index is 0.321. The first-order valence-electron chi connectivity index (χ1n) is 6.83. The Bertz CT molecular complexity index is 534. The van der Waals surface area contributed by atoms with Crippen LogP contribution in [0.3, 0.4) is 0 Å². The molecule has 5 heteroatoms. The monoisotopic (exact) mass is 282 g/mol. The highest BCUT2D eigenvalue weighted by Crippen LogP contribution is 2.25. The fourth-order valence-corrected chi connectivity index (χ4v) is 3.36. The number of nitrogens with one attached hydrogen (secondary N) is 2. The number of aryl methyl sites for hydroxylation is 1. The van der Waals surface area contributed by atoms with E-state index in [-0.39, 0.29) is 0 Å². The van der Waals surface area contributed by atoms with Crippen LogP contribution in [0.5, 0.6) is 0 Å². The Kier molecular flexibility index (Phi) is 4.47. The topological polar surface area (TPSA) is 58.2 Å². The van der Waals surface area contributed by atoms with Gasteiger partial charge >= 0.3 is 0 Å². The Morgan fingerprint density at radius 3 is 2.42 bits per heavy atom.